The summed E-state index contributed by atoms with van der Waals surface area (Å²) in [5, 5.41) is 5.58. The number of carbonyl (C=O) groups is 2. The maximum absolute atomic E-state index is 11.7. The van der Waals surface area contributed by atoms with Crippen LogP contribution in [0.2, 0.25) is 0 Å². The van der Waals surface area contributed by atoms with Crippen molar-refractivity contribution >= 4 is 12.0 Å². The minimum absolute atomic E-state index is 0.00154. The summed E-state index contributed by atoms with van der Waals surface area (Å²) in [6.07, 6.45) is 1.48. The third-order valence-electron chi connectivity index (χ3n) is 2.97. The van der Waals surface area contributed by atoms with Crippen molar-refractivity contribution in [2.75, 3.05) is 13.2 Å². The lowest BCUT2D eigenvalue weighted by atomic mass is 10.1. The number of hydrogen-bond acceptors (Lipinski definition) is 4. The van der Waals surface area contributed by atoms with Gasteiger partial charge in [-0.25, -0.2) is 4.79 Å². The van der Waals surface area contributed by atoms with Crippen molar-refractivity contribution in [2.45, 2.75) is 64.7 Å². The molecule has 1 fully saturated rings. The Labute approximate surface area is 120 Å². The lowest BCUT2D eigenvalue weighted by Crippen LogP contribution is -2.39. The molecule has 0 spiro atoms. The molecular formula is C14H26N2O4. The minimum atomic E-state index is -0.500. The third-order valence-corrected chi connectivity index (χ3v) is 2.97. The molecule has 1 saturated heterocycles. The third kappa shape index (κ3) is 6.75. The van der Waals surface area contributed by atoms with Crippen LogP contribution in [-0.4, -0.2) is 42.9 Å². The van der Waals surface area contributed by atoms with Gasteiger partial charge in [-0.2, -0.15) is 0 Å². The maximum atomic E-state index is 11.7. The molecule has 6 nitrogen and oxygen atoms in total. The van der Waals surface area contributed by atoms with Crippen molar-refractivity contribution in [3.63, 3.8) is 0 Å². The molecule has 116 valence electrons. The Bertz CT molecular complexity index is 339. The molecule has 20 heavy (non-hydrogen) atoms. The largest absolute Gasteiger partial charge is 0.444 e. The van der Waals surface area contributed by atoms with Gasteiger partial charge in [0.15, 0.2) is 0 Å². The predicted molar refractivity (Wildman–Crippen MR) is 75.4 cm³/mol. The number of amides is 2. The summed E-state index contributed by atoms with van der Waals surface area (Å²) >= 11 is 0. The molecule has 0 radical (unpaired) electrons. The van der Waals surface area contributed by atoms with Gasteiger partial charge in [0.2, 0.25) is 5.91 Å². The summed E-state index contributed by atoms with van der Waals surface area (Å²) in [7, 11) is 0. The molecular weight excluding hydrogens is 260 g/mol. The molecule has 2 atom stereocenters. The standard InChI is InChI=1S/C14H26N2O4/c1-10-11(7-9-19-10)16-12(17)6-5-8-15-13(18)20-14(2,3)4/h10-11H,5-9H2,1-4H3,(H,15,18)(H,16,17)/t10-,11-/m0/s1. The van der Waals surface area contributed by atoms with Gasteiger partial charge in [-0.15, -0.1) is 0 Å². The van der Waals surface area contributed by atoms with Gasteiger partial charge in [0.1, 0.15) is 5.60 Å². The molecule has 0 aliphatic carbocycles. The fraction of sp³-hybridized carbons (Fsp3) is 0.857. The lowest BCUT2D eigenvalue weighted by molar-refractivity contribution is -0.122. The van der Waals surface area contributed by atoms with Crippen LogP contribution in [-0.2, 0) is 14.3 Å². The van der Waals surface area contributed by atoms with Crippen LogP contribution < -0.4 is 10.6 Å². The first-order valence-electron chi connectivity index (χ1n) is 7.16. The fourth-order valence-electron chi connectivity index (χ4n) is 1.95. The summed E-state index contributed by atoms with van der Waals surface area (Å²) in [5.74, 6) is -0.00154. The summed E-state index contributed by atoms with van der Waals surface area (Å²) in [6.45, 7) is 8.52. The van der Waals surface area contributed by atoms with Crippen molar-refractivity contribution in [3.8, 4) is 0 Å². The van der Waals surface area contributed by atoms with Crippen molar-refractivity contribution in [1.29, 1.82) is 0 Å². The van der Waals surface area contributed by atoms with E-state index >= 15 is 0 Å². The van der Waals surface area contributed by atoms with Crippen molar-refractivity contribution < 1.29 is 19.1 Å². The molecule has 0 aromatic carbocycles. The molecule has 1 heterocycles. The monoisotopic (exact) mass is 286 g/mol. The van der Waals surface area contributed by atoms with Gasteiger partial charge in [-0.05, 0) is 40.5 Å². The van der Waals surface area contributed by atoms with Crippen molar-refractivity contribution in [2.24, 2.45) is 0 Å². The van der Waals surface area contributed by atoms with Crippen molar-refractivity contribution in [3.05, 3.63) is 0 Å². The number of carbonyl (C=O) groups excluding carboxylic acids is 2. The molecule has 0 aromatic rings. The molecule has 2 N–H and O–H groups in total. The van der Waals surface area contributed by atoms with Crippen molar-refractivity contribution in [1.82, 2.24) is 10.6 Å². The quantitative estimate of drug-likeness (QED) is 0.752. The summed E-state index contributed by atoms with van der Waals surface area (Å²) < 4.78 is 10.5. The zero-order chi connectivity index (χ0) is 15.2. The number of ether oxygens (including phenoxy) is 2. The highest BCUT2D eigenvalue weighted by Crippen LogP contribution is 2.12. The normalized spacial score (nSPS) is 22.4. The van der Waals surface area contributed by atoms with Gasteiger partial charge in [0, 0.05) is 19.6 Å². The molecule has 0 unspecified atom stereocenters. The van der Waals surface area contributed by atoms with E-state index in [-0.39, 0.29) is 18.1 Å². The van der Waals surface area contributed by atoms with E-state index in [1.807, 2.05) is 27.7 Å². The van der Waals surface area contributed by atoms with Crippen LogP contribution >= 0.6 is 0 Å². The Morgan fingerprint density at radius 3 is 2.60 bits per heavy atom. The van der Waals surface area contributed by atoms with Crippen LogP contribution in [0.1, 0.15) is 47.0 Å². The van der Waals surface area contributed by atoms with Gasteiger partial charge in [0.25, 0.3) is 0 Å². The highest BCUT2D eigenvalue weighted by atomic mass is 16.6. The molecule has 1 aliphatic rings. The molecule has 2 amide bonds. The average molecular weight is 286 g/mol. The van der Waals surface area contributed by atoms with Crippen LogP contribution in [0.25, 0.3) is 0 Å². The zero-order valence-corrected chi connectivity index (χ0v) is 12.8. The smallest absolute Gasteiger partial charge is 0.407 e. The van der Waals surface area contributed by atoms with E-state index < -0.39 is 11.7 Å². The Hall–Kier alpha value is -1.30. The molecule has 0 aromatic heterocycles. The Balaban J connectivity index is 2.09. The highest BCUT2D eigenvalue weighted by molar-refractivity contribution is 5.76. The fourth-order valence-corrected chi connectivity index (χ4v) is 1.95. The second kappa shape index (κ2) is 7.47. The van der Waals surface area contributed by atoms with Gasteiger partial charge in [-0.1, -0.05) is 0 Å². The molecule has 1 aliphatic heterocycles. The van der Waals surface area contributed by atoms with Crippen LogP contribution in [0.5, 0.6) is 0 Å². The first-order chi connectivity index (χ1) is 9.28. The summed E-state index contributed by atoms with van der Waals surface area (Å²) in [5.41, 5.74) is -0.500. The predicted octanol–water partition coefficient (Wildman–Crippen LogP) is 1.58. The van der Waals surface area contributed by atoms with E-state index in [4.69, 9.17) is 9.47 Å². The molecule has 1 rings (SSSR count). The SMILES string of the molecule is C[C@@H]1OCC[C@@H]1NC(=O)CCCNC(=O)OC(C)(C)C. The van der Waals surface area contributed by atoms with Crippen LogP contribution in [0.4, 0.5) is 4.79 Å². The second-order valence-electron chi connectivity index (χ2n) is 6.07. The maximum Gasteiger partial charge on any atom is 0.407 e. The Morgan fingerprint density at radius 1 is 1.35 bits per heavy atom. The highest BCUT2D eigenvalue weighted by Gasteiger charge is 2.25. The Morgan fingerprint density at radius 2 is 2.05 bits per heavy atom. The number of rotatable bonds is 5. The minimum Gasteiger partial charge on any atom is -0.444 e. The van der Waals surface area contributed by atoms with E-state index in [0.29, 0.717) is 26.0 Å². The van der Waals surface area contributed by atoms with Crippen LogP contribution in [0.3, 0.4) is 0 Å². The number of alkyl carbamates (subject to hydrolysis) is 1. The van der Waals surface area contributed by atoms with E-state index in [2.05, 4.69) is 10.6 Å². The van der Waals surface area contributed by atoms with Gasteiger partial charge < -0.3 is 20.1 Å². The first kappa shape index (κ1) is 16.8. The molecule has 0 bridgehead atoms. The van der Waals surface area contributed by atoms with E-state index in [1.165, 1.54) is 0 Å². The number of hydrogen-bond donors (Lipinski definition) is 2. The lowest BCUT2D eigenvalue weighted by Gasteiger charge is -2.19. The van der Waals surface area contributed by atoms with E-state index in [9.17, 15) is 9.59 Å². The van der Waals surface area contributed by atoms with E-state index in [0.717, 1.165) is 6.42 Å². The zero-order valence-electron chi connectivity index (χ0n) is 12.8. The molecule has 0 saturated carbocycles. The van der Waals surface area contributed by atoms with Crippen LogP contribution in [0.15, 0.2) is 0 Å². The average Bonchev–Trinajstić information content (AvgIpc) is 2.68. The number of nitrogens with one attached hydrogen (secondary N) is 2. The van der Waals surface area contributed by atoms with Gasteiger partial charge in [-0.3, -0.25) is 4.79 Å². The van der Waals surface area contributed by atoms with E-state index in [1.54, 1.807) is 0 Å². The van der Waals surface area contributed by atoms with Gasteiger partial charge >= 0.3 is 6.09 Å². The first-order valence-corrected chi connectivity index (χ1v) is 7.16. The summed E-state index contributed by atoms with van der Waals surface area (Å²) in [4.78, 5) is 23.1. The van der Waals surface area contributed by atoms with Crippen LogP contribution in [0, 0.1) is 0 Å². The topological polar surface area (TPSA) is 76.7 Å². The summed E-state index contributed by atoms with van der Waals surface area (Å²) in [6, 6.07) is 0.112. The van der Waals surface area contributed by atoms with Gasteiger partial charge in [0.05, 0.1) is 12.1 Å². The second-order valence-corrected chi connectivity index (χ2v) is 6.07. The molecule has 6 heteroatoms. The Kier molecular flexibility index (Phi) is 6.26.